The smallest absolute Gasteiger partial charge is 0.304 e. The highest BCUT2D eigenvalue weighted by atomic mass is 35.5. The molecule has 4 fully saturated rings. The van der Waals surface area contributed by atoms with Crippen LogP contribution < -0.4 is 20.5 Å². The van der Waals surface area contributed by atoms with Gasteiger partial charge >= 0.3 is 5.97 Å². The van der Waals surface area contributed by atoms with Crippen molar-refractivity contribution in [2.24, 2.45) is 5.73 Å². The van der Waals surface area contributed by atoms with E-state index < -0.39 is 26.0 Å². The molecular weight excluding hydrogens is 1030 g/mol. The lowest BCUT2D eigenvalue weighted by Crippen LogP contribution is -2.49. The summed E-state index contributed by atoms with van der Waals surface area (Å²) in [5, 5.41) is 11.8. The van der Waals surface area contributed by atoms with Crippen LogP contribution in [0.5, 0.6) is 11.5 Å². The van der Waals surface area contributed by atoms with Gasteiger partial charge in [-0.05, 0) is 206 Å². The maximum atomic E-state index is 13.2. The Kier molecular flexibility index (Phi) is 30.1. The van der Waals surface area contributed by atoms with Gasteiger partial charge in [-0.15, -0.1) is 24.8 Å². The first-order chi connectivity index (χ1) is 33.4. The van der Waals surface area contributed by atoms with Gasteiger partial charge in [0.25, 0.3) is 0 Å². The standard InChI is InChI=1S/C26H44N4O4S.C13H27N3.C13H19NO5S.CH4.2ClH/c1-19-17-24(34-6)18-20(2)26(19)35(32,33)29(5)14-13-25(31)27-21-7-9-23(10-8-21)30-15-11-22(12-16-30)28(3)4;1-15(2)12-7-9-16(10-8-12)13-5-3-11(14)4-6-13;1-9-7-11(19-4)8-10(2)13(9)20(17,18)14(3)6-5-12(15)16;;;/h17-18,21-23H,7-16H2,1-6H3,(H,27,31);11-13H,3-10,14H2,1-2H3;7-8H,5-6H2,1-4H3,(H,15,16);1H4;2*1H. The Morgan fingerprint density at radius 2 is 0.919 bits per heavy atom. The molecule has 74 heavy (non-hydrogen) atoms. The van der Waals surface area contributed by atoms with Gasteiger partial charge in [0.2, 0.25) is 26.0 Å². The number of amides is 1. The third-order valence-corrected chi connectivity index (χ3v) is 19.6. The average molecular weight is 1120 g/mol. The lowest BCUT2D eigenvalue weighted by atomic mass is 9.88. The number of piperidine rings is 2. The predicted molar refractivity (Wildman–Crippen MR) is 304 cm³/mol. The molecule has 0 spiro atoms. The van der Waals surface area contributed by atoms with Gasteiger partial charge in [0.05, 0.1) is 30.4 Å². The highest BCUT2D eigenvalue weighted by molar-refractivity contribution is 7.89. The minimum absolute atomic E-state index is 0. The summed E-state index contributed by atoms with van der Waals surface area (Å²) in [6.45, 7) is 11.9. The van der Waals surface area contributed by atoms with Crippen molar-refractivity contribution in [3.63, 3.8) is 0 Å². The van der Waals surface area contributed by atoms with Crippen molar-refractivity contribution in [2.75, 3.05) is 95.8 Å². The number of aryl methyl sites for hydroxylation is 4. The maximum absolute atomic E-state index is 13.2. The maximum Gasteiger partial charge on any atom is 0.304 e. The number of likely N-dealkylation sites (tertiary alicyclic amines) is 2. The van der Waals surface area contributed by atoms with Gasteiger partial charge in [-0.2, -0.15) is 0 Å². The molecule has 17 nitrogen and oxygen atoms in total. The minimum atomic E-state index is -3.71. The van der Waals surface area contributed by atoms with Gasteiger partial charge < -0.3 is 45.2 Å². The quantitative estimate of drug-likeness (QED) is 0.147. The minimum Gasteiger partial charge on any atom is -0.497 e. The fourth-order valence-electron chi connectivity index (χ4n) is 10.8. The zero-order chi connectivity index (χ0) is 52.8. The van der Waals surface area contributed by atoms with Gasteiger partial charge in [-0.1, -0.05) is 7.43 Å². The SMILES string of the molecule is C.CN(C)C1CCN(C2CCC(N)CC2)CC1.COc1cc(C)c(S(=O)(=O)N(C)CCC(=O)NC2CCC(N3CCC(N(C)C)CC3)CC2)c(C)c1.COc1cc(C)c(S(=O)(=O)N(C)CCC(=O)O)c(C)c1.Cl.Cl. The third kappa shape index (κ3) is 19.9. The first-order valence-corrected chi connectivity index (χ1v) is 28.6. The number of carbonyl (C=O) groups excluding carboxylic acids is 1. The number of carbonyl (C=O) groups is 2. The summed E-state index contributed by atoms with van der Waals surface area (Å²) in [5.74, 6) is 0.113. The predicted octanol–water partition coefficient (Wildman–Crippen LogP) is 6.95. The summed E-state index contributed by atoms with van der Waals surface area (Å²) in [6, 6.07) is 10.4. The zero-order valence-electron chi connectivity index (χ0n) is 46.0. The number of aliphatic carboxylic acids is 1. The lowest BCUT2D eigenvalue weighted by molar-refractivity contribution is -0.137. The van der Waals surface area contributed by atoms with Crippen molar-refractivity contribution in [3.05, 3.63) is 46.5 Å². The molecule has 2 saturated heterocycles. The number of hydrogen-bond acceptors (Lipinski definition) is 13. The van der Waals surface area contributed by atoms with Gasteiger partial charge in [-0.25, -0.2) is 25.4 Å². The number of carboxylic acids is 1. The van der Waals surface area contributed by atoms with Gasteiger partial charge in [-0.3, -0.25) is 9.59 Å². The van der Waals surface area contributed by atoms with Crippen molar-refractivity contribution in [2.45, 2.75) is 171 Å². The second kappa shape index (κ2) is 32.2. The summed E-state index contributed by atoms with van der Waals surface area (Å²) < 4.78 is 64.0. The van der Waals surface area contributed by atoms with E-state index in [0.717, 1.165) is 42.1 Å². The molecule has 0 radical (unpaired) electrons. The number of benzene rings is 2. The number of halogens is 2. The van der Waals surface area contributed by atoms with E-state index in [2.05, 4.69) is 53.1 Å². The molecule has 6 rings (SSSR count). The van der Waals surface area contributed by atoms with Gasteiger partial charge in [0, 0.05) is 69.9 Å². The largest absolute Gasteiger partial charge is 0.497 e. The van der Waals surface area contributed by atoms with Crippen LogP contribution in [0.25, 0.3) is 0 Å². The molecule has 428 valence electrons. The third-order valence-electron chi connectivity index (χ3n) is 15.3. The fourth-order valence-corrected chi connectivity index (χ4v) is 14.0. The van der Waals surface area contributed by atoms with Crippen molar-refractivity contribution in [1.29, 1.82) is 0 Å². The highest BCUT2D eigenvalue weighted by Crippen LogP contribution is 2.31. The Morgan fingerprint density at radius 1 is 0.595 bits per heavy atom. The first-order valence-electron chi connectivity index (χ1n) is 25.7. The first kappa shape index (κ1) is 69.2. The average Bonchev–Trinajstić information content (AvgIpc) is 3.32. The van der Waals surface area contributed by atoms with E-state index in [4.69, 9.17) is 20.3 Å². The molecule has 0 bridgehead atoms. The lowest BCUT2D eigenvalue weighted by Gasteiger charge is -2.42. The summed E-state index contributed by atoms with van der Waals surface area (Å²) in [4.78, 5) is 33.7. The molecule has 2 aromatic rings. The zero-order valence-corrected chi connectivity index (χ0v) is 49.3. The van der Waals surface area contributed by atoms with Crippen molar-refractivity contribution < 1.29 is 41.0 Å². The van der Waals surface area contributed by atoms with Crippen LogP contribution in [0.3, 0.4) is 0 Å². The Labute approximate surface area is 459 Å². The number of methoxy groups -OCH3 is 2. The number of hydrogen-bond donors (Lipinski definition) is 3. The van der Waals surface area contributed by atoms with Crippen molar-refractivity contribution >= 4 is 56.7 Å². The van der Waals surface area contributed by atoms with Crippen LogP contribution in [0.2, 0.25) is 0 Å². The fraction of sp³-hybridized carbons (Fsp3) is 0.736. The van der Waals surface area contributed by atoms with Crippen LogP contribution in [0.15, 0.2) is 34.1 Å². The number of nitrogens with one attached hydrogen (secondary N) is 1. The Hall–Kier alpha value is -2.82. The second-order valence-corrected chi connectivity index (χ2v) is 24.8. The number of rotatable bonds is 17. The van der Waals surface area contributed by atoms with Crippen LogP contribution in [-0.2, 0) is 29.6 Å². The Morgan fingerprint density at radius 3 is 1.23 bits per heavy atom. The number of ether oxygens (including phenoxy) is 2. The molecule has 0 unspecified atom stereocenters. The van der Waals surface area contributed by atoms with E-state index in [9.17, 15) is 26.4 Å². The van der Waals surface area contributed by atoms with E-state index in [1.54, 1.807) is 59.1 Å². The molecule has 0 atom stereocenters. The second-order valence-electron chi connectivity index (χ2n) is 20.8. The summed E-state index contributed by atoms with van der Waals surface area (Å²) in [5.41, 5.74) is 8.39. The van der Waals surface area contributed by atoms with E-state index in [1.165, 1.54) is 103 Å². The number of nitrogens with two attached hydrogens (primary N) is 1. The number of carboxylic acid groups (broad SMARTS) is 1. The summed E-state index contributed by atoms with van der Waals surface area (Å²) >= 11 is 0. The Bertz CT molecular complexity index is 2200. The molecule has 21 heteroatoms. The molecule has 2 heterocycles. The highest BCUT2D eigenvalue weighted by Gasteiger charge is 2.32. The molecule has 4 N–H and O–H groups in total. The van der Waals surface area contributed by atoms with Crippen LogP contribution >= 0.6 is 24.8 Å². The summed E-state index contributed by atoms with van der Waals surface area (Å²) in [6.07, 6.45) is 14.4. The van der Waals surface area contributed by atoms with Gasteiger partial charge in [0.1, 0.15) is 11.5 Å². The Balaban J connectivity index is 0.000000597. The van der Waals surface area contributed by atoms with Crippen LogP contribution in [0, 0.1) is 27.7 Å². The van der Waals surface area contributed by atoms with Crippen molar-refractivity contribution in [1.82, 2.24) is 33.5 Å². The molecule has 2 aromatic carbocycles. The molecule has 1 amide bonds. The topological polar surface area (TPSA) is 199 Å². The van der Waals surface area contributed by atoms with E-state index in [-0.39, 0.29) is 79.9 Å². The molecule has 2 saturated carbocycles. The van der Waals surface area contributed by atoms with Crippen LogP contribution in [0.4, 0.5) is 0 Å². The molecule has 0 aromatic heterocycles. The monoisotopic (exact) mass is 1120 g/mol. The van der Waals surface area contributed by atoms with Crippen LogP contribution in [0.1, 0.15) is 120 Å². The van der Waals surface area contributed by atoms with Gasteiger partial charge in [0.15, 0.2) is 0 Å². The van der Waals surface area contributed by atoms with E-state index in [0.29, 0.717) is 51.9 Å². The number of nitrogens with zero attached hydrogens (tertiary/aromatic N) is 6. The molecule has 2 aliphatic carbocycles. The molecule has 4 aliphatic rings. The molecular formula is C53H96Cl2N8O9S2. The normalized spacial score (nSPS) is 21.3. The van der Waals surface area contributed by atoms with Crippen molar-refractivity contribution in [3.8, 4) is 11.5 Å². The summed E-state index contributed by atoms with van der Waals surface area (Å²) in [7, 11) is 7.35. The number of sulfonamides is 2. The van der Waals surface area contributed by atoms with Crippen LogP contribution in [-0.4, -0.2) is 194 Å². The molecule has 2 aliphatic heterocycles. The van der Waals surface area contributed by atoms with E-state index in [1.807, 2.05) is 0 Å². The van der Waals surface area contributed by atoms with E-state index >= 15 is 0 Å².